The molecule has 164 valence electrons. The predicted molar refractivity (Wildman–Crippen MR) is 129 cm³/mol. The van der Waals surface area contributed by atoms with E-state index in [0.29, 0.717) is 0 Å². The summed E-state index contributed by atoms with van der Waals surface area (Å²) in [6.45, 7) is 12.9. The van der Waals surface area contributed by atoms with Gasteiger partial charge in [0, 0.05) is 44.5 Å². The lowest BCUT2D eigenvalue weighted by Gasteiger charge is -2.38. The van der Waals surface area contributed by atoms with Crippen molar-refractivity contribution in [2.24, 2.45) is 4.99 Å². The molecule has 0 bridgehead atoms. The number of fused-ring (bicyclic) bond motifs is 1. The highest BCUT2D eigenvalue weighted by Crippen LogP contribution is 2.35. The molecule has 0 spiro atoms. The van der Waals surface area contributed by atoms with Crippen molar-refractivity contribution >= 4 is 12.6 Å². The summed E-state index contributed by atoms with van der Waals surface area (Å²) in [5.41, 5.74) is 6.65. The summed E-state index contributed by atoms with van der Waals surface area (Å²) in [7, 11) is 1.94. The average molecular weight is 419 g/mol. The molecule has 0 saturated heterocycles. The number of carbonyl (C=O) groups excluding carboxylic acids is 1. The zero-order valence-corrected chi connectivity index (χ0v) is 19.2. The van der Waals surface area contributed by atoms with E-state index >= 15 is 0 Å². The fraction of sp³-hybridized carbons (Fsp3) is 0.385. The van der Waals surface area contributed by atoms with E-state index in [2.05, 4.69) is 58.3 Å². The lowest BCUT2D eigenvalue weighted by Crippen LogP contribution is -2.39. The maximum Gasteiger partial charge on any atom is 0.253 e. The Bertz CT molecular complexity index is 944. The standard InChI is InChI=1S/C26H34N4O/c1-6-29(7-2)26(31)22-14-12-21(13-15-22)25-23-11-9-8-10-20(23)16-17-30(25)18-24(28-5)19(3)27-4/h8-15,25,28H,4,6-7,16-18H2,1-3,5H3/b24-19-. The number of nitrogens with zero attached hydrogens (tertiary/aromatic N) is 3. The van der Waals surface area contributed by atoms with Gasteiger partial charge in [-0.2, -0.15) is 0 Å². The van der Waals surface area contributed by atoms with Crippen molar-refractivity contribution in [3.63, 3.8) is 0 Å². The molecule has 1 atom stereocenters. The van der Waals surface area contributed by atoms with Gasteiger partial charge >= 0.3 is 0 Å². The summed E-state index contributed by atoms with van der Waals surface area (Å²) < 4.78 is 0. The summed E-state index contributed by atoms with van der Waals surface area (Å²) in [4.78, 5) is 21.2. The van der Waals surface area contributed by atoms with Crippen molar-refractivity contribution in [2.45, 2.75) is 33.2 Å². The molecule has 2 aromatic carbocycles. The Labute approximate surface area is 186 Å². The van der Waals surface area contributed by atoms with E-state index in [9.17, 15) is 4.79 Å². The highest BCUT2D eigenvalue weighted by Gasteiger charge is 2.29. The Morgan fingerprint density at radius 1 is 1.16 bits per heavy atom. The Morgan fingerprint density at radius 2 is 1.84 bits per heavy atom. The molecule has 1 aliphatic heterocycles. The normalized spacial score (nSPS) is 16.8. The van der Waals surface area contributed by atoms with Crippen LogP contribution in [0.25, 0.3) is 0 Å². The van der Waals surface area contributed by atoms with E-state index in [0.717, 1.165) is 49.6 Å². The average Bonchev–Trinajstić information content (AvgIpc) is 2.82. The molecule has 2 aromatic rings. The molecule has 5 nitrogen and oxygen atoms in total. The van der Waals surface area contributed by atoms with Gasteiger partial charge in [0.15, 0.2) is 0 Å². The number of hydrogen-bond acceptors (Lipinski definition) is 4. The second-order valence-corrected chi connectivity index (χ2v) is 7.89. The number of hydrogen-bond donors (Lipinski definition) is 1. The highest BCUT2D eigenvalue weighted by atomic mass is 16.2. The molecular weight excluding hydrogens is 384 g/mol. The van der Waals surface area contributed by atoms with Crippen LogP contribution in [0.15, 0.2) is 64.9 Å². The van der Waals surface area contributed by atoms with Gasteiger partial charge in [0.25, 0.3) is 5.91 Å². The summed E-state index contributed by atoms with van der Waals surface area (Å²) in [5.74, 6) is 0.0885. The van der Waals surface area contributed by atoms with Gasteiger partial charge < -0.3 is 10.2 Å². The fourth-order valence-electron chi connectivity index (χ4n) is 4.35. The maximum atomic E-state index is 12.7. The Hall–Kier alpha value is -2.92. The van der Waals surface area contributed by atoms with Crippen LogP contribution in [0.2, 0.25) is 0 Å². The van der Waals surface area contributed by atoms with Gasteiger partial charge in [-0.1, -0.05) is 36.4 Å². The molecule has 1 amide bonds. The first-order valence-corrected chi connectivity index (χ1v) is 11.1. The lowest BCUT2D eigenvalue weighted by atomic mass is 9.87. The van der Waals surface area contributed by atoms with Crippen molar-refractivity contribution < 1.29 is 4.79 Å². The van der Waals surface area contributed by atoms with Gasteiger partial charge in [0.05, 0.1) is 11.7 Å². The lowest BCUT2D eigenvalue weighted by molar-refractivity contribution is 0.0773. The smallest absolute Gasteiger partial charge is 0.253 e. The van der Waals surface area contributed by atoms with E-state index < -0.39 is 0 Å². The van der Waals surface area contributed by atoms with Crippen molar-refractivity contribution in [1.29, 1.82) is 0 Å². The Balaban J connectivity index is 1.97. The third-order valence-corrected chi connectivity index (χ3v) is 6.24. The van der Waals surface area contributed by atoms with Crippen molar-refractivity contribution in [3.8, 4) is 0 Å². The van der Waals surface area contributed by atoms with Gasteiger partial charge in [-0.25, -0.2) is 0 Å². The SMILES string of the molecule is C=N/C(C)=C(/CN1CCc2ccccc2C1c1ccc(C(=O)N(CC)CC)cc1)NC. The first-order chi connectivity index (χ1) is 15.0. The summed E-state index contributed by atoms with van der Waals surface area (Å²) in [6.07, 6.45) is 1.02. The predicted octanol–water partition coefficient (Wildman–Crippen LogP) is 4.27. The molecular formula is C26H34N4O. The van der Waals surface area contributed by atoms with Crippen LogP contribution in [0.3, 0.4) is 0 Å². The second-order valence-electron chi connectivity index (χ2n) is 7.89. The molecule has 1 N–H and O–H groups in total. The molecule has 5 heteroatoms. The second kappa shape index (κ2) is 10.4. The van der Waals surface area contributed by atoms with Crippen LogP contribution in [0.1, 0.15) is 53.9 Å². The number of allylic oxidation sites excluding steroid dienone is 1. The van der Waals surface area contributed by atoms with Crippen LogP contribution in [0, 0.1) is 0 Å². The number of carbonyl (C=O) groups is 1. The van der Waals surface area contributed by atoms with Crippen LogP contribution >= 0.6 is 0 Å². The summed E-state index contributed by atoms with van der Waals surface area (Å²) in [5, 5.41) is 3.30. The molecule has 1 heterocycles. The molecule has 0 fully saturated rings. The summed E-state index contributed by atoms with van der Waals surface area (Å²) in [6, 6.07) is 17.0. The van der Waals surface area contributed by atoms with Crippen LogP contribution in [-0.4, -0.2) is 55.7 Å². The molecule has 0 aliphatic carbocycles. The van der Waals surface area contributed by atoms with Crippen molar-refractivity contribution in [2.75, 3.05) is 33.2 Å². The minimum atomic E-state index is 0.0885. The molecule has 0 aromatic heterocycles. The van der Waals surface area contributed by atoms with E-state index in [1.807, 2.05) is 44.9 Å². The van der Waals surface area contributed by atoms with Crippen molar-refractivity contribution in [3.05, 3.63) is 82.2 Å². The van der Waals surface area contributed by atoms with Crippen LogP contribution in [0.4, 0.5) is 0 Å². The molecule has 0 saturated carbocycles. The minimum Gasteiger partial charge on any atom is -0.389 e. The van der Waals surface area contributed by atoms with E-state index in [-0.39, 0.29) is 11.9 Å². The third-order valence-electron chi connectivity index (χ3n) is 6.24. The highest BCUT2D eigenvalue weighted by molar-refractivity contribution is 5.94. The number of benzene rings is 2. The van der Waals surface area contributed by atoms with E-state index in [4.69, 9.17) is 0 Å². The van der Waals surface area contributed by atoms with Gasteiger partial charge in [0.2, 0.25) is 0 Å². The maximum absolute atomic E-state index is 12.7. The molecule has 31 heavy (non-hydrogen) atoms. The van der Waals surface area contributed by atoms with Gasteiger partial charge in [-0.05, 0) is 62.7 Å². The number of amides is 1. The van der Waals surface area contributed by atoms with Gasteiger partial charge in [0.1, 0.15) is 0 Å². The third kappa shape index (κ3) is 4.88. The molecule has 0 radical (unpaired) electrons. The van der Waals surface area contributed by atoms with Gasteiger partial charge in [-0.15, -0.1) is 0 Å². The largest absolute Gasteiger partial charge is 0.389 e. The van der Waals surface area contributed by atoms with Crippen LogP contribution < -0.4 is 5.32 Å². The minimum absolute atomic E-state index is 0.0885. The van der Waals surface area contributed by atoms with E-state index in [1.54, 1.807) is 0 Å². The topological polar surface area (TPSA) is 47.9 Å². The molecule has 1 unspecified atom stereocenters. The number of likely N-dealkylation sites (N-methyl/N-ethyl adjacent to an activating group) is 1. The zero-order valence-electron chi connectivity index (χ0n) is 19.2. The van der Waals surface area contributed by atoms with Crippen LogP contribution in [0.5, 0.6) is 0 Å². The zero-order chi connectivity index (χ0) is 22.4. The fourth-order valence-corrected chi connectivity index (χ4v) is 4.35. The number of rotatable bonds is 8. The quantitative estimate of drug-likeness (QED) is 0.652. The monoisotopic (exact) mass is 418 g/mol. The number of nitrogens with one attached hydrogen (secondary N) is 1. The first-order valence-electron chi connectivity index (χ1n) is 11.1. The van der Waals surface area contributed by atoms with Crippen molar-refractivity contribution in [1.82, 2.24) is 15.1 Å². The number of aliphatic imine (C=N–C) groups is 1. The first kappa shape index (κ1) is 22.8. The summed E-state index contributed by atoms with van der Waals surface area (Å²) >= 11 is 0. The molecule has 1 aliphatic rings. The molecule has 3 rings (SSSR count). The van der Waals surface area contributed by atoms with Gasteiger partial charge in [-0.3, -0.25) is 14.7 Å². The Morgan fingerprint density at radius 3 is 2.45 bits per heavy atom. The Kier molecular flexibility index (Phi) is 7.64. The van der Waals surface area contributed by atoms with E-state index in [1.165, 1.54) is 16.7 Å². The van der Waals surface area contributed by atoms with Crippen LogP contribution in [-0.2, 0) is 6.42 Å².